The first kappa shape index (κ1) is 55.4. The van der Waals surface area contributed by atoms with Crippen LogP contribution in [-0.4, -0.2) is 144 Å². The molecule has 2 aromatic heterocycles. The van der Waals surface area contributed by atoms with E-state index in [0.29, 0.717) is 95.9 Å². The summed E-state index contributed by atoms with van der Waals surface area (Å²) in [7, 11) is 2.65. The number of ether oxygens (including phenoxy) is 4. The number of nitrogens with zero attached hydrogens (tertiary/aromatic N) is 7. The van der Waals surface area contributed by atoms with E-state index in [1.807, 2.05) is 41.5 Å². The van der Waals surface area contributed by atoms with Gasteiger partial charge in [-0.05, 0) is 114 Å². The molecule has 1 N–H and O–H groups in total. The third kappa shape index (κ3) is 18.3. The molecule has 2 fully saturated rings. The molecule has 0 spiro atoms. The van der Waals surface area contributed by atoms with Crippen molar-refractivity contribution in [2.75, 3.05) is 76.8 Å². The highest BCUT2D eigenvalue weighted by Gasteiger charge is 2.31. The standard InChI is InChI=1S/C24H29ClN4O5.C16H22ClN3O3.C8H8BrNO2/c1-24(2,3)34-23(32)28-13-11-27(12-14-28)22(31)29(20-9-6-18(25)7-10-20)16-19-8-5-17(15-26-19)21(30)33-4;1-16(2,3)23-15(22)20-10-8-19(9-11-20)14(21)18-13-6-4-12(17)5-7-13;1-12-8(11)6-2-3-7(4-9)10-5-6/h5-10,15H,11-14,16H2,1-4H3;4-7H,8-11H2,1-3H3,(H,18,21);2-3,5H,4H2,1H3. The summed E-state index contributed by atoms with van der Waals surface area (Å²) in [5.74, 6) is -0.837. The molecule has 69 heavy (non-hydrogen) atoms. The van der Waals surface area contributed by atoms with Crippen LogP contribution in [0.2, 0.25) is 10.0 Å². The fourth-order valence-electron chi connectivity index (χ4n) is 6.28. The molecule has 372 valence electrons. The van der Waals surface area contributed by atoms with E-state index < -0.39 is 17.2 Å². The van der Waals surface area contributed by atoms with Crippen molar-refractivity contribution < 1.29 is 47.7 Å². The summed E-state index contributed by atoms with van der Waals surface area (Å²) < 4.78 is 20.0. The lowest BCUT2D eigenvalue weighted by Gasteiger charge is -2.38. The molecule has 6 rings (SSSR count). The quantitative estimate of drug-likeness (QED) is 0.105. The zero-order valence-electron chi connectivity index (χ0n) is 40.0. The number of urea groups is 2. The lowest BCUT2D eigenvalue weighted by Crippen LogP contribution is -2.54. The molecule has 0 atom stereocenters. The Bertz CT molecular complexity index is 2330. The molecule has 6 amide bonds. The molecule has 2 saturated heterocycles. The Hall–Kier alpha value is -6.18. The van der Waals surface area contributed by atoms with Gasteiger partial charge < -0.3 is 43.9 Å². The van der Waals surface area contributed by atoms with Gasteiger partial charge in [-0.15, -0.1) is 0 Å². The lowest BCUT2D eigenvalue weighted by atomic mass is 10.2. The van der Waals surface area contributed by atoms with E-state index in [9.17, 15) is 28.8 Å². The number of nitrogens with one attached hydrogen (secondary N) is 1. The van der Waals surface area contributed by atoms with Gasteiger partial charge in [0.1, 0.15) is 11.2 Å². The number of benzene rings is 2. The van der Waals surface area contributed by atoms with Crippen molar-refractivity contribution >= 4 is 86.7 Å². The number of methoxy groups -OCH3 is 2. The summed E-state index contributed by atoms with van der Waals surface area (Å²) in [5, 5.41) is 4.68. The molecule has 0 aliphatic carbocycles. The van der Waals surface area contributed by atoms with Crippen molar-refractivity contribution in [3.63, 3.8) is 0 Å². The van der Waals surface area contributed by atoms with Gasteiger partial charge in [0.25, 0.3) is 0 Å². The van der Waals surface area contributed by atoms with Crippen molar-refractivity contribution in [3.8, 4) is 0 Å². The van der Waals surface area contributed by atoms with Gasteiger partial charge in [0.15, 0.2) is 0 Å². The molecular weight excluding hydrogens is 999 g/mol. The number of rotatable bonds is 7. The molecule has 0 radical (unpaired) electrons. The van der Waals surface area contributed by atoms with Crippen molar-refractivity contribution in [2.24, 2.45) is 0 Å². The number of carbonyl (C=O) groups excluding carboxylic acids is 6. The van der Waals surface area contributed by atoms with E-state index in [4.69, 9.17) is 37.4 Å². The second-order valence-electron chi connectivity index (χ2n) is 17.4. The van der Waals surface area contributed by atoms with Gasteiger partial charge in [-0.1, -0.05) is 39.1 Å². The Morgan fingerprint density at radius 2 is 1.00 bits per heavy atom. The fraction of sp³-hybridized carbons (Fsp3) is 0.417. The molecule has 2 aliphatic rings. The smallest absolute Gasteiger partial charge is 0.410 e. The summed E-state index contributed by atoms with van der Waals surface area (Å²) in [6.45, 7) is 14.5. The summed E-state index contributed by atoms with van der Waals surface area (Å²) in [5.41, 5.74) is 2.55. The maximum absolute atomic E-state index is 13.5. The highest BCUT2D eigenvalue weighted by atomic mass is 79.9. The summed E-state index contributed by atoms with van der Waals surface area (Å²) in [4.78, 5) is 89.2. The molecule has 2 aliphatic heterocycles. The number of alkyl halides is 1. The van der Waals surface area contributed by atoms with Crippen LogP contribution in [0.3, 0.4) is 0 Å². The zero-order chi connectivity index (χ0) is 50.9. The van der Waals surface area contributed by atoms with Crippen LogP contribution in [0.25, 0.3) is 0 Å². The van der Waals surface area contributed by atoms with Crippen LogP contribution < -0.4 is 10.2 Å². The lowest BCUT2D eigenvalue weighted by molar-refractivity contribution is 0.0165. The van der Waals surface area contributed by atoms with E-state index in [0.717, 1.165) is 5.69 Å². The third-order valence-electron chi connectivity index (χ3n) is 9.83. The van der Waals surface area contributed by atoms with E-state index >= 15 is 0 Å². The SMILES string of the molecule is CC(C)(C)OC(=O)N1CCN(C(=O)Nc2ccc(Cl)cc2)CC1.COC(=O)c1ccc(CBr)nc1.COC(=O)c1ccc(CN(C(=O)N2CCN(C(=O)OC(C)(C)C)CC2)c2ccc(Cl)cc2)nc1. The second-order valence-corrected chi connectivity index (χ2v) is 18.8. The minimum Gasteiger partial charge on any atom is -0.465 e. The van der Waals surface area contributed by atoms with E-state index in [1.165, 1.54) is 26.6 Å². The molecule has 4 heterocycles. The molecule has 0 unspecified atom stereocenters. The molecule has 18 nitrogen and oxygen atoms in total. The van der Waals surface area contributed by atoms with Crippen LogP contribution >= 0.6 is 39.1 Å². The van der Waals surface area contributed by atoms with Gasteiger partial charge in [0.05, 0.1) is 43.3 Å². The summed E-state index contributed by atoms with van der Waals surface area (Å²) >= 11 is 15.1. The van der Waals surface area contributed by atoms with Gasteiger partial charge in [0, 0.05) is 91.5 Å². The predicted octanol–water partition coefficient (Wildman–Crippen LogP) is 9.39. The maximum atomic E-state index is 13.5. The Kier molecular flexibility index (Phi) is 20.9. The van der Waals surface area contributed by atoms with Crippen LogP contribution in [0.15, 0.2) is 85.2 Å². The molecule has 21 heteroatoms. The third-order valence-corrected chi connectivity index (χ3v) is 10.9. The first-order valence-corrected chi connectivity index (χ1v) is 23.7. The predicted molar refractivity (Wildman–Crippen MR) is 266 cm³/mol. The van der Waals surface area contributed by atoms with Crippen molar-refractivity contribution in [3.05, 3.63) is 118 Å². The van der Waals surface area contributed by atoms with Gasteiger partial charge in [-0.2, -0.15) is 0 Å². The highest BCUT2D eigenvalue weighted by molar-refractivity contribution is 9.08. The topological polar surface area (TPSA) is 193 Å². The van der Waals surface area contributed by atoms with Gasteiger partial charge in [-0.3, -0.25) is 14.9 Å². The minimum atomic E-state index is -0.578. The zero-order valence-corrected chi connectivity index (χ0v) is 43.1. The normalized spacial score (nSPS) is 13.6. The number of hydrogen-bond donors (Lipinski definition) is 1. The Morgan fingerprint density at radius 1 is 0.594 bits per heavy atom. The van der Waals surface area contributed by atoms with Crippen LogP contribution in [0.1, 0.15) is 73.6 Å². The van der Waals surface area contributed by atoms with Crippen LogP contribution in [0.5, 0.6) is 0 Å². The van der Waals surface area contributed by atoms with Crippen molar-refractivity contribution in [2.45, 2.75) is 64.6 Å². The molecule has 4 aromatic rings. The van der Waals surface area contributed by atoms with Crippen molar-refractivity contribution in [1.29, 1.82) is 0 Å². The summed E-state index contributed by atoms with van der Waals surface area (Å²) in [6, 6.07) is 20.2. The van der Waals surface area contributed by atoms with E-state index in [-0.39, 0.29) is 36.8 Å². The second kappa shape index (κ2) is 26.0. The number of hydrogen-bond acceptors (Lipinski definition) is 12. The van der Waals surface area contributed by atoms with Crippen molar-refractivity contribution in [1.82, 2.24) is 29.6 Å². The number of esters is 2. The molecule has 0 bridgehead atoms. The van der Waals surface area contributed by atoms with Gasteiger partial charge in [0.2, 0.25) is 0 Å². The van der Waals surface area contributed by atoms with E-state index in [1.54, 1.807) is 97.3 Å². The number of anilines is 2. The van der Waals surface area contributed by atoms with E-state index in [2.05, 4.69) is 36.0 Å². The first-order chi connectivity index (χ1) is 32.6. The minimum absolute atomic E-state index is 0.184. The fourth-order valence-corrected chi connectivity index (χ4v) is 6.87. The molecule has 0 saturated carbocycles. The van der Waals surface area contributed by atoms with Gasteiger partial charge >= 0.3 is 36.2 Å². The Morgan fingerprint density at radius 3 is 1.39 bits per heavy atom. The number of amides is 6. The molecular formula is C48H59BrCl2N8O10. The number of piperazine rings is 2. The van der Waals surface area contributed by atoms with Gasteiger partial charge in [-0.25, -0.2) is 28.8 Å². The maximum Gasteiger partial charge on any atom is 0.410 e. The average molecular weight is 1060 g/mol. The van der Waals surface area contributed by atoms with Crippen LogP contribution in [0, 0.1) is 0 Å². The first-order valence-electron chi connectivity index (χ1n) is 21.8. The largest absolute Gasteiger partial charge is 0.465 e. The number of pyridine rings is 2. The average Bonchev–Trinajstić information content (AvgIpc) is 3.33. The highest BCUT2D eigenvalue weighted by Crippen LogP contribution is 2.23. The number of aromatic nitrogens is 2. The monoisotopic (exact) mass is 1060 g/mol. The van der Waals surface area contributed by atoms with Crippen LogP contribution in [0.4, 0.5) is 30.6 Å². The Balaban J connectivity index is 0.000000254. The summed E-state index contributed by atoms with van der Waals surface area (Å²) in [6.07, 6.45) is 2.20. The molecule has 2 aromatic carbocycles. The number of halogens is 3. The Labute approximate surface area is 421 Å². The number of carbonyl (C=O) groups is 6. The van der Waals surface area contributed by atoms with Crippen LogP contribution in [-0.2, 0) is 30.8 Å².